The van der Waals surface area contributed by atoms with E-state index in [0.29, 0.717) is 5.69 Å². The minimum atomic E-state index is -1.07. The Hall–Kier alpha value is -2.24. The van der Waals surface area contributed by atoms with Gasteiger partial charge in [0.15, 0.2) is 0 Å². The van der Waals surface area contributed by atoms with Crippen molar-refractivity contribution in [3.8, 4) is 5.75 Å². The van der Waals surface area contributed by atoms with Crippen molar-refractivity contribution >= 4 is 17.6 Å². The third kappa shape index (κ3) is 4.42. The van der Waals surface area contributed by atoms with Crippen LogP contribution in [0, 0.1) is 0 Å². The summed E-state index contributed by atoms with van der Waals surface area (Å²) >= 11 is 0. The summed E-state index contributed by atoms with van der Waals surface area (Å²) in [6, 6.07) is 5.18. The fraction of sp³-hybridized carbons (Fsp3) is 0.273. The van der Waals surface area contributed by atoms with Crippen molar-refractivity contribution in [2.75, 3.05) is 5.32 Å². The molecule has 6 heteroatoms. The molecule has 0 aliphatic carbocycles. The van der Waals surface area contributed by atoms with Crippen LogP contribution in [0.3, 0.4) is 0 Å². The van der Waals surface area contributed by atoms with Crippen molar-refractivity contribution in [1.82, 2.24) is 0 Å². The number of carbonyl (C=O) groups excluding carboxylic acids is 1. The molecular weight excluding hydrogens is 224 g/mol. The first kappa shape index (κ1) is 12.8. The Kier molecular flexibility index (Phi) is 4.33. The zero-order valence-electron chi connectivity index (χ0n) is 9.09. The quantitative estimate of drug-likeness (QED) is 0.577. The van der Waals surface area contributed by atoms with Gasteiger partial charge < -0.3 is 21.3 Å². The molecule has 1 atom stereocenters. The van der Waals surface area contributed by atoms with Crippen molar-refractivity contribution < 1.29 is 19.8 Å². The fourth-order valence-corrected chi connectivity index (χ4v) is 1.34. The number of carboxylic acids is 1. The van der Waals surface area contributed by atoms with Crippen LogP contribution >= 0.6 is 0 Å². The summed E-state index contributed by atoms with van der Waals surface area (Å²) in [6.45, 7) is 0. The van der Waals surface area contributed by atoms with Gasteiger partial charge in [-0.15, -0.1) is 0 Å². The van der Waals surface area contributed by atoms with Gasteiger partial charge in [-0.1, -0.05) is 6.07 Å². The summed E-state index contributed by atoms with van der Waals surface area (Å²) in [5.41, 5.74) is 5.43. The van der Waals surface area contributed by atoms with Crippen molar-refractivity contribution in [3.63, 3.8) is 0 Å². The molecule has 0 aliphatic rings. The Morgan fingerprint density at radius 1 is 1.41 bits per heavy atom. The second kappa shape index (κ2) is 5.74. The van der Waals surface area contributed by atoms with Gasteiger partial charge in [0, 0.05) is 18.2 Å². The van der Waals surface area contributed by atoms with E-state index in [1.54, 1.807) is 12.1 Å². The minimum absolute atomic E-state index is 0.0111. The highest BCUT2D eigenvalue weighted by molar-refractivity contribution is 5.79. The number of phenols is 1. The Bertz CT molecular complexity index is 420. The summed E-state index contributed by atoms with van der Waals surface area (Å²) in [5, 5.41) is 20.9. The topological polar surface area (TPSA) is 113 Å². The third-order valence-corrected chi connectivity index (χ3v) is 2.16. The molecule has 0 aromatic heterocycles. The zero-order chi connectivity index (χ0) is 12.8. The van der Waals surface area contributed by atoms with Gasteiger partial charge in [-0.25, -0.2) is 4.79 Å². The number of benzene rings is 1. The number of nitrogens with one attached hydrogen (secondary N) is 1. The molecule has 5 N–H and O–H groups in total. The average molecular weight is 238 g/mol. The molecule has 0 saturated heterocycles. The van der Waals surface area contributed by atoms with Gasteiger partial charge in [-0.3, -0.25) is 4.79 Å². The molecule has 1 aromatic rings. The monoisotopic (exact) mass is 238 g/mol. The maximum atomic E-state index is 10.9. The Labute approximate surface area is 98.1 Å². The van der Waals surface area contributed by atoms with E-state index in [0.717, 1.165) is 0 Å². The SMILES string of the molecule is NC(=O)CC[C@H](Nc1cccc(O)c1)C(=O)O. The van der Waals surface area contributed by atoms with Crippen molar-refractivity contribution in [1.29, 1.82) is 0 Å². The largest absolute Gasteiger partial charge is 0.508 e. The lowest BCUT2D eigenvalue weighted by Gasteiger charge is -2.15. The average Bonchev–Trinajstić information content (AvgIpc) is 2.23. The van der Waals surface area contributed by atoms with Gasteiger partial charge in [0.1, 0.15) is 11.8 Å². The van der Waals surface area contributed by atoms with E-state index >= 15 is 0 Å². The van der Waals surface area contributed by atoms with E-state index in [1.165, 1.54) is 12.1 Å². The number of phenolic OH excluding ortho intramolecular Hbond substituents is 1. The first-order valence-corrected chi connectivity index (χ1v) is 5.05. The Balaban J connectivity index is 2.66. The second-order valence-corrected chi connectivity index (χ2v) is 3.59. The molecule has 0 unspecified atom stereocenters. The number of carbonyl (C=O) groups is 2. The predicted octanol–water partition coefficient (Wildman–Crippen LogP) is 0.523. The summed E-state index contributed by atoms with van der Waals surface area (Å²) in [5.74, 6) is -1.59. The van der Waals surface area contributed by atoms with Crippen LogP contribution < -0.4 is 11.1 Å². The second-order valence-electron chi connectivity index (χ2n) is 3.59. The molecule has 0 fully saturated rings. The normalized spacial score (nSPS) is 11.8. The van der Waals surface area contributed by atoms with Crippen LogP contribution in [0.15, 0.2) is 24.3 Å². The fourth-order valence-electron chi connectivity index (χ4n) is 1.34. The van der Waals surface area contributed by atoms with Gasteiger partial charge in [0.2, 0.25) is 5.91 Å². The molecule has 6 nitrogen and oxygen atoms in total. The number of hydrogen-bond donors (Lipinski definition) is 4. The maximum Gasteiger partial charge on any atom is 0.326 e. The molecule has 0 heterocycles. The van der Waals surface area contributed by atoms with E-state index in [4.69, 9.17) is 10.8 Å². The zero-order valence-corrected chi connectivity index (χ0v) is 9.09. The van der Waals surface area contributed by atoms with Gasteiger partial charge in [-0.2, -0.15) is 0 Å². The number of anilines is 1. The highest BCUT2D eigenvalue weighted by Crippen LogP contribution is 2.17. The molecule has 1 amide bonds. The molecule has 17 heavy (non-hydrogen) atoms. The number of carboxylic acid groups (broad SMARTS) is 1. The van der Waals surface area contributed by atoms with Crippen LogP contribution in [0.2, 0.25) is 0 Å². The Morgan fingerprint density at radius 3 is 2.65 bits per heavy atom. The van der Waals surface area contributed by atoms with Crippen LogP contribution in [-0.4, -0.2) is 28.1 Å². The number of aliphatic carboxylic acids is 1. The van der Waals surface area contributed by atoms with Crippen LogP contribution in [0.25, 0.3) is 0 Å². The molecule has 1 rings (SSSR count). The van der Waals surface area contributed by atoms with Crippen LogP contribution in [0.5, 0.6) is 5.75 Å². The van der Waals surface area contributed by atoms with Gasteiger partial charge >= 0.3 is 5.97 Å². The van der Waals surface area contributed by atoms with E-state index in [2.05, 4.69) is 5.32 Å². The summed E-state index contributed by atoms with van der Waals surface area (Å²) in [6.07, 6.45) is 0.0864. The molecular formula is C11H14N2O4. The standard InChI is InChI=1S/C11H14N2O4/c12-10(15)5-4-9(11(16)17)13-7-2-1-3-8(14)6-7/h1-3,6,9,13-14H,4-5H2,(H2,12,15)(H,16,17)/t9-/m0/s1. The summed E-state index contributed by atoms with van der Waals surface area (Å²) in [4.78, 5) is 21.5. The van der Waals surface area contributed by atoms with Gasteiger partial charge in [0.25, 0.3) is 0 Å². The highest BCUT2D eigenvalue weighted by atomic mass is 16.4. The highest BCUT2D eigenvalue weighted by Gasteiger charge is 2.17. The van der Waals surface area contributed by atoms with Crippen molar-refractivity contribution in [3.05, 3.63) is 24.3 Å². The van der Waals surface area contributed by atoms with Gasteiger partial charge in [-0.05, 0) is 18.6 Å². The number of hydrogen-bond acceptors (Lipinski definition) is 4. The lowest BCUT2D eigenvalue weighted by atomic mass is 10.1. The molecule has 1 aromatic carbocycles. The number of aromatic hydroxyl groups is 1. The van der Waals surface area contributed by atoms with Crippen LogP contribution in [0.4, 0.5) is 5.69 Å². The van der Waals surface area contributed by atoms with E-state index in [1.807, 2.05) is 0 Å². The first-order chi connectivity index (χ1) is 7.99. The van der Waals surface area contributed by atoms with E-state index in [-0.39, 0.29) is 18.6 Å². The molecule has 0 radical (unpaired) electrons. The van der Waals surface area contributed by atoms with E-state index in [9.17, 15) is 14.7 Å². The molecule has 0 spiro atoms. The molecule has 0 bridgehead atoms. The third-order valence-electron chi connectivity index (χ3n) is 2.16. The molecule has 0 aliphatic heterocycles. The number of primary amides is 1. The Morgan fingerprint density at radius 2 is 2.12 bits per heavy atom. The smallest absolute Gasteiger partial charge is 0.326 e. The van der Waals surface area contributed by atoms with Crippen LogP contribution in [0.1, 0.15) is 12.8 Å². The van der Waals surface area contributed by atoms with Gasteiger partial charge in [0.05, 0.1) is 0 Å². The predicted molar refractivity (Wildman–Crippen MR) is 61.6 cm³/mol. The first-order valence-electron chi connectivity index (χ1n) is 5.05. The van der Waals surface area contributed by atoms with Crippen LogP contribution in [-0.2, 0) is 9.59 Å². The number of amides is 1. The lowest BCUT2D eigenvalue weighted by Crippen LogP contribution is -2.30. The molecule has 0 saturated carbocycles. The summed E-state index contributed by atoms with van der Waals surface area (Å²) < 4.78 is 0. The summed E-state index contributed by atoms with van der Waals surface area (Å²) in [7, 11) is 0. The van der Waals surface area contributed by atoms with E-state index < -0.39 is 17.9 Å². The number of nitrogens with two attached hydrogens (primary N) is 1. The van der Waals surface area contributed by atoms with Crippen molar-refractivity contribution in [2.24, 2.45) is 5.73 Å². The minimum Gasteiger partial charge on any atom is -0.508 e. The lowest BCUT2D eigenvalue weighted by molar-refractivity contribution is -0.138. The molecule has 92 valence electrons. The van der Waals surface area contributed by atoms with Crippen molar-refractivity contribution in [2.45, 2.75) is 18.9 Å². The maximum absolute atomic E-state index is 10.9. The number of rotatable bonds is 6.